The molecule has 0 aliphatic carbocycles. The predicted molar refractivity (Wildman–Crippen MR) is 69.3 cm³/mol. The van der Waals surface area contributed by atoms with Crippen molar-refractivity contribution in [2.24, 2.45) is 10.7 Å². The number of rotatable bonds is 2. The first-order valence-corrected chi connectivity index (χ1v) is 5.84. The largest absolute Gasteiger partial charge is 0.369 e. The van der Waals surface area contributed by atoms with Gasteiger partial charge in [0.15, 0.2) is 0 Å². The number of amides is 1. The zero-order valence-corrected chi connectivity index (χ0v) is 10.6. The molecule has 0 saturated heterocycles. The summed E-state index contributed by atoms with van der Waals surface area (Å²) in [5.74, 6) is -0.325. The molecule has 1 aromatic rings. The van der Waals surface area contributed by atoms with Crippen molar-refractivity contribution in [3.8, 4) is 0 Å². The number of nitrogens with two attached hydrogens (primary N) is 1. The van der Waals surface area contributed by atoms with Crippen LogP contribution in [0, 0.1) is 6.92 Å². The Kier molecular flexibility index (Phi) is 2.77. The number of aliphatic imine (C=N–C) groups is 1. The molecule has 1 amide bonds. The van der Waals surface area contributed by atoms with Crippen LogP contribution in [0.3, 0.4) is 0 Å². The summed E-state index contributed by atoms with van der Waals surface area (Å²) in [6, 6.07) is 6.32. The fourth-order valence-corrected chi connectivity index (χ4v) is 2.34. The molecule has 0 radical (unpaired) electrons. The first kappa shape index (κ1) is 11.8. The molecule has 0 unspecified atom stereocenters. The number of nitrogens with zero attached hydrogens (tertiary/aromatic N) is 1. The van der Waals surface area contributed by atoms with E-state index < -0.39 is 0 Å². The topological polar surface area (TPSA) is 55.5 Å². The van der Waals surface area contributed by atoms with E-state index >= 15 is 0 Å². The lowest BCUT2D eigenvalue weighted by Crippen LogP contribution is -2.31. The number of fused-ring (bicyclic) bond motifs is 1. The molecule has 1 heterocycles. The normalized spacial score (nSPS) is 17.2. The minimum Gasteiger partial charge on any atom is -0.369 e. The lowest BCUT2D eigenvalue weighted by molar-refractivity contribution is -0.116. The molecular formula is C14H18N2O. The van der Waals surface area contributed by atoms with Crippen molar-refractivity contribution < 1.29 is 4.79 Å². The molecule has 1 aliphatic rings. The summed E-state index contributed by atoms with van der Waals surface area (Å²) in [5, 5.41) is 0. The SMILES string of the molecule is Cc1ccc2c(c1)C(CC(N)=O)=NC(C)(C)C2. The minimum atomic E-state index is -0.325. The van der Waals surface area contributed by atoms with Crippen LogP contribution >= 0.6 is 0 Å². The molecule has 0 atom stereocenters. The summed E-state index contributed by atoms with van der Waals surface area (Å²) < 4.78 is 0. The van der Waals surface area contributed by atoms with Gasteiger partial charge in [0.1, 0.15) is 0 Å². The highest BCUT2D eigenvalue weighted by atomic mass is 16.1. The van der Waals surface area contributed by atoms with Crippen molar-refractivity contribution in [1.82, 2.24) is 0 Å². The standard InChI is InChI=1S/C14H18N2O/c1-9-4-5-10-8-14(2,3)16-12(7-13(15)17)11(10)6-9/h4-6H,7-8H2,1-3H3,(H2,15,17). The van der Waals surface area contributed by atoms with Gasteiger partial charge in [0.05, 0.1) is 17.7 Å². The first-order chi connectivity index (χ1) is 7.87. The van der Waals surface area contributed by atoms with E-state index in [0.717, 1.165) is 17.7 Å². The monoisotopic (exact) mass is 230 g/mol. The van der Waals surface area contributed by atoms with Crippen molar-refractivity contribution in [1.29, 1.82) is 0 Å². The van der Waals surface area contributed by atoms with Gasteiger partial charge in [-0.2, -0.15) is 0 Å². The lowest BCUT2D eigenvalue weighted by atomic mass is 9.85. The van der Waals surface area contributed by atoms with Gasteiger partial charge in [-0.3, -0.25) is 9.79 Å². The van der Waals surface area contributed by atoms with Gasteiger partial charge < -0.3 is 5.73 Å². The van der Waals surface area contributed by atoms with E-state index in [2.05, 4.69) is 37.0 Å². The van der Waals surface area contributed by atoms with Crippen LogP contribution in [0.4, 0.5) is 0 Å². The maximum Gasteiger partial charge on any atom is 0.223 e. The Hall–Kier alpha value is -1.64. The van der Waals surface area contributed by atoms with Crippen LogP contribution in [0.15, 0.2) is 23.2 Å². The molecule has 0 saturated carbocycles. The van der Waals surface area contributed by atoms with Gasteiger partial charge in [0, 0.05) is 0 Å². The number of primary amides is 1. The van der Waals surface area contributed by atoms with Crippen LogP contribution in [0.2, 0.25) is 0 Å². The van der Waals surface area contributed by atoms with E-state index in [-0.39, 0.29) is 17.9 Å². The molecule has 1 aromatic carbocycles. The minimum absolute atomic E-state index is 0.146. The van der Waals surface area contributed by atoms with Gasteiger partial charge in [-0.05, 0) is 44.4 Å². The zero-order valence-electron chi connectivity index (χ0n) is 10.6. The molecule has 3 heteroatoms. The molecule has 0 aromatic heterocycles. The van der Waals surface area contributed by atoms with Gasteiger partial charge >= 0.3 is 0 Å². The van der Waals surface area contributed by atoms with Crippen molar-refractivity contribution in [2.45, 2.75) is 39.2 Å². The quantitative estimate of drug-likeness (QED) is 0.830. The summed E-state index contributed by atoms with van der Waals surface area (Å²) in [7, 11) is 0. The molecule has 2 rings (SSSR count). The molecule has 0 fully saturated rings. The number of carbonyl (C=O) groups is 1. The smallest absolute Gasteiger partial charge is 0.223 e. The molecular weight excluding hydrogens is 212 g/mol. The highest BCUT2D eigenvalue weighted by Crippen LogP contribution is 2.28. The fourth-order valence-electron chi connectivity index (χ4n) is 2.34. The third kappa shape index (κ3) is 2.54. The van der Waals surface area contributed by atoms with E-state index in [1.165, 1.54) is 11.1 Å². The Bertz CT molecular complexity index is 501. The van der Waals surface area contributed by atoms with E-state index in [4.69, 9.17) is 5.73 Å². The van der Waals surface area contributed by atoms with Crippen LogP contribution in [-0.2, 0) is 11.2 Å². The molecule has 1 aliphatic heterocycles. The van der Waals surface area contributed by atoms with Gasteiger partial charge in [0.2, 0.25) is 5.91 Å². The third-order valence-corrected chi connectivity index (χ3v) is 2.98. The van der Waals surface area contributed by atoms with Gasteiger partial charge in [0.25, 0.3) is 0 Å². The Morgan fingerprint density at radius 1 is 1.47 bits per heavy atom. The average Bonchev–Trinajstić information content (AvgIpc) is 2.17. The summed E-state index contributed by atoms with van der Waals surface area (Å²) in [5.41, 5.74) is 9.49. The molecule has 0 bridgehead atoms. The van der Waals surface area contributed by atoms with Crippen molar-refractivity contribution in [3.63, 3.8) is 0 Å². The number of hydrogen-bond donors (Lipinski definition) is 1. The van der Waals surface area contributed by atoms with E-state index in [1.807, 2.05) is 6.92 Å². The second-order valence-electron chi connectivity index (χ2n) is 5.35. The maximum atomic E-state index is 11.1. The number of benzene rings is 1. The Labute approximate surface area is 102 Å². The summed E-state index contributed by atoms with van der Waals surface area (Å²) in [6.45, 7) is 6.20. The van der Waals surface area contributed by atoms with Gasteiger partial charge in [-0.25, -0.2) is 0 Å². The average molecular weight is 230 g/mol. The Morgan fingerprint density at radius 3 is 2.82 bits per heavy atom. The van der Waals surface area contributed by atoms with Crippen LogP contribution < -0.4 is 5.73 Å². The Morgan fingerprint density at radius 2 is 2.18 bits per heavy atom. The molecule has 3 nitrogen and oxygen atoms in total. The van der Waals surface area contributed by atoms with Crippen molar-refractivity contribution >= 4 is 11.6 Å². The zero-order chi connectivity index (χ0) is 12.6. The summed E-state index contributed by atoms with van der Waals surface area (Å²) in [4.78, 5) is 15.8. The van der Waals surface area contributed by atoms with Crippen LogP contribution in [0.1, 0.15) is 37.0 Å². The van der Waals surface area contributed by atoms with Crippen LogP contribution in [0.25, 0.3) is 0 Å². The molecule has 90 valence electrons. The first-order valence-electron chi connectivity index (χ1n) is 5.84. The second kappa shape index (κ2) is 3.99. The highest BCUT2D eigenvalue weighted by molar-refractivity contribution is 6.11. The highest BCUT2D eigenvalue weighted by Gasteiger charge is 2.27. The van der Waals surface area contributed by atoms with Crippen molar-refractivity contribution in [2.75, 3.05) is 0 Å². The van der Waals surface area contributed by atoms with Crippen LogP contribution in [0.5, 0.6) is 0 Å². The van der Waals surface area contributed by atoms with E-state index in [1.54, 1.807) is 0 Å². The van der Waals surface area contributed by atoms with Gasteiger partial charge in [-0.15, -0.1) is 0 Å². The summed E-state index contributed by atoms with van der Waals surface area (Å²) >= 11 is 0. The number of carbonyl (C=O) groups excluding carboxylic acids is 1. The molecule has 0 spiro atoms. The van der Waals surface area contributed by atoms with E-state index in [0.29, 0.717) is 0 Å². The lowest BCUT2D eigenvalue weighted by Gasteiger charge is -2.29. The third-order valence-electron chi connectivity index (χ3n) is 2.98. The maximum absolute atomic E-state index is 11.1. The second-order valence-corrected chi connectivity index (χ2v) is 5.35. The predicted octanol–water partition coefficient (Wildman–Crippen LogP) is 1.99. The van der Waals surface area contributed by atoms with E-state index in [9.17, 15) is 4.79 Å². The molecule has 17 heavy (non-hydrogen) atoms. The summed E-state index contributed by atoms with van der Waals surface area (Å²) in [6.07, 6.45) is 1.13. The number of hydrogen-bond acceptors (Lipinski definition) is 2. The van der Waals surface area contributed by atoms with Crippen molar-refractivity contribution in [3.05, 3.63) is 34.9 Å². The molecule has 2 N–H and O–H groups in total. The van der Waals surface area contributed by atoms with Crippen LogP contribution in [-0.4, -0.2) is 17.2 Å². The Balaban J connectivity index is 2.51. The number of aryl methyl sites for hydroxylation is 1. The van der Waals surface area contributed by atoms with Gasteiger partial charge in [-0.1, -0.05) is 17.7 Å². The fraction of sp³-hybridized carbons (Fsp3) is 0.429.